The minimum atomic E-state index is -0.367. The standard InChI is InChI=1S/C10H11NO3/c1-7(12)13-10-5-4-9(6-11-10)14-8-2-3-8/h4-6,8H,2-3H2,1H3. The van der Waals surface area contributed by atoms with Gasteiger partial charge in [0.15, 0.2) is 0 Å². The number of carbonyl (C=O) groups excluding carboxylic acids is 1. The van der Waals surface area contributed by atoms with Crippen molar-refractivity contribution in [3.8, 4) is 11.6 Å². The minimum Gasteiger partial charge on any atom is -0.489 e. The molecule has 0 amide bonds. The molecule has 0 aliphatic heterocycles. The van der Waals surface area contributed by atoms with Crippen molar-refractivity contribution in [3.63, 3.8) is 0 Å². The second-order valence-corrected chi connectivity index (χ2v) is 3.24. The monoisotopic (exact) mass is 193 g/mol. The average Bonchev–Trinajstić information content (AvgIpc) is 2.91. The van der Waals surface area contributed by atoms with Gasteiger partial charge < -0.3 is 9.47 Å². The molecule has 1 heterocycles. The van der Waals surface area contributed by atoms with E-state index in [2.05, 4.69) is 4.98 Å². The summed E-state index contributed by atoms with van der Waals surface area (Å²) in [5, 5.41) is 0. The van der Waals surface area contributed by atoms with Crippen molar-refractivity contribution in [2.24, 2.45) is 0 Å². The first-order valence-corrected chi connectivity index (χ1v) is 4.55. The van der Waals surface area contributed by atoms with Crippen LogP contribution in [-0.4, -0.2) is 17.1 Å². The van der Waals surface area contributed by atoms with Crippen molar-refractivity contribution >= 4 is 5.97 Å². The normalized spacial score (nSPS) is 14.9. The molecule has 4 heteroatoms. The van der Waals surface area contributed by atoms with Gasteiger partial charge in [-0.3, -0.25) is 4.79 Å². The Morgan fingerprint density at radius 1 is 1.50 bits per heavy atom. The molecule has 1 aliphatic rings. The third-order valence-corrected chi connectivity index (χ3v) is 1.78. The van der Waals surface area contributed by atoms with E-state index in [0.717, 1.165) is 18.6 Å². The third-order valence-electron chi connectivity index (χ3n) is 1.78. The molecule has 0 unspecified atom stereocenters. The highest BCUT2D eigenvalue weighted by molar-refractivity contribution is 5.68. The molecule has 0 N–H and O–H groups in total. The maximum absolute atomic E-state index is 10.6. The summed E-state index contributed by atoms with van der Waals surface area (Å²) in [5.41, 5.74) is 0. The van der Waals surface area contributed by atoms with E-state index in [1.54, 1.807) is 18.3 Å². The highest BCUT2D eigenvalue weighted by Gasteiger charge is 2.23. The molecule has 0 bridgehead atoms. The van der Waals surface area contributed by atoms with E-state index in [-0.39, 0.29) is 5.97 Å². The predicted molar refractivity (Wildman–Crippen MR) is 49.2 cm³/mol. The summed E-state index contributed by atoms with van der Waals surface area (Å²) in [7, 11) is 0. The lowest BCUT2D eigenvalue weighted by Crippen LogP contribution is -2.03. The molecule has 0 atom stereocenters. The number of pyridine rings is 1. The van der Waals surface area contributed by atoms with Crippen LogP contribution in [0.5, 0.6) is 11.6 Å². The van der Waals surface area contributed by atoms with Crippen molar-refractivity contribution in [2.75, 3.05) is 0 Å². The van der Waals surface area contributed by atoms with Gasteiger partial charge in [0.25, 0.3) is 0 Å². The van der Waals surface area contributed by atoms with Gasteiger partial charge in [-0.1, -0.05) is 0 Å². The Morgan fingerprint density at radius 3 is 2.79 bits per heavy atom. The second kappa shape index (κ2) is 3.65. The first kappa shape index (κ1) is 8.99. The fourth-order valence-electron chi connectivity index (χ4n) is 1.02. The molecule has 1 aromatic rings. The van der Waals surface area contributed by atoms with Crippen LogP contribution in [0.15, 0.2) is 18.3 Å². The Morgan fingerprint density at radius 2 is 2.29 bits per heavy atom. The van der Waals surface area contributed by atoms with Gasteiger partial charge >= 0.3 is 5.97 Å². The van der Waals surface area contributed by atoms with E-state index in [1.807, 2.05) is 0 Å². The molecule has 1 fully saturated rings. The summed E-state index contributed by atoms with van der Waals surface area (Å²) in [6.07, 6.45) is 4.16. The van der Waals surface area contributed by atoms with Crippen LogP contribution in [-0.2, 0) is 4.79 Å². The number of rotatable bonds is 3. The highest BCUT2D eigenvalue weighted by atomic mass is 16.5. The van der Waals surface area contributed by atoms with Crippen LogP contribution in [0, 0.1) is 0 Å². The zero-order valence-electron chi connectivity index (χ0n) is 7.90. The van der Waals surface area contributed by atoms with Gasteiger partial charge in [-0.2, -0.15) is 0 Å². The largest absolute Gasteiger partial charge is 0.489 e. The predicted octanol–water partition coefficient (Wildman–Crippen LogP) is 1.55. The summed E-state index contributed by atoms with van der Waals surface area (Å²) in [6, 6.07) is 3.38. The van der Waals surface area contributed by atoms with Gasteiger partial charge in [-0.15, -0.1) is 0 Å². The van der Waals surface area contributed by atoms with E-state index < -0.39 is 0 Å². The Labute approximate surface area is 81.9 Å². The number of nitrogens with zero attached hydrogens (tertiary/aromatic N) is 1. The number of aromatic nitrogens is 1. The molecule has 2 rings (SSSR count). The first-order chi connectivity index (χ1) is 6.74. The third kappa shape index (κ3) is 2.45. The fourth-order valence-corrected chi connectivity index (χ4v) is 1.02. The van der Waals surface area contributed by atoms with Gasteiger partial charge in [-0.05, 0) is 18.9 Å². The van der Waals surface area contributed by atoms with Crippen molar-refractivity contribution < 1.29 is 14.3 Å². The smallest absolute Gasteiger partial charge is 0.309 e. The van der Waals surface area contributed by atoms with Crippen LogP contribution in [0.25, 0.3) is 0 Å². The molecule has 4 nitrogen and oxygen atoms in total. The summed E-state index contributed by atoms with van der Waals surface area (Å²) >= 11 is 0. The molecular weight excluding hydrogens is 182 g/mol. The van der Waals surface area contributed by atoms with Crippen molar-refractivity contribution in [2.45, 2.75) is 25.9 Å². The summed E-state index contributed by atoms with van der Waals surface area (Å²) in [4.78, 5) is 14.5. The van der Waals surface area contributed by atoms with E-state index >= 15 is 0 Å². The molecule has 74 valence electrons. The summed E-state index contributed by atoms with van der Waals surface area (Å²) in [5.74, 6) is 0.664. The van der Waals surface area contributed by atoms with Crippen LogP contribution in [0.1, 0.15) is 19.8 Å². The Hall–Kier alpha value is -1.58. The number of ether oxygens (including phenoxy) is 2. The number of esters is 1. The summed E-state index contributed by atoms with van der Waals surface area (Å²) in [6.45, 7) is 1.34. The van der Waals surface area contributed by atoms with E-state index in [1.165, 1.54) is 6.92 Å². The fraction of sp³-hybridized carbons (Fsp3) is 0.400. The highest BCUT2D eigenvalue weighted by Crippen LogP contribution is 2.26. The van der Waals surface area contributed by atoms with Gasteiger partial charge in [0.1, 0.15) is 5.75 Å². The van der Waals surface area contributed by atoms with Crippen molar-refractivity contribution in [1.29, 1.82) is 0 Å². The van der Waals surface area contributed by atoms with Crippen LogP contribution >= 0.6 is 0 Å². The van der Waals surface area contributed by atoms with Gasteiger partial charge in [-0.25, -0.2) is 4.98 Å². The van der Waals surface area contributed by atoms with Crippen molar-refractivity contribution in [1.82, 2.24) is 4.98 Å². The second-order valence-electron chi connectivity index (χ2n) is 3.24. The SMILES string of the molecule is CC(=O)Oc1ccc(OC2CC2)cn1. The zero-order chi connectivity index (χ0) is 9.97. The Kier molecular flexibility index (Phi) is 2.35. The molecule has 1 aliphatic carbocycles. The van der Waals surface area contributed by atoms with E-state index in [9.17, 15) is 4.79 Å². The molecule has 0 radical (unpaired) electrons. The molecule has 0 saturated heterocycles. The van der Waals surface area contributed by atoms with Gasteiger partial charge in [0.05, 0.1) is 12.3 Å². The van der Waals surface area contributed by atoms with Crippen LogP contribution in [0.4, 0.5) is 0 Å². The quantitative estimate of drug-likeness (QED) is 0.683. The maximum atomic E-state index is 10.6. The minimum absolute atomic E-state index is 0.306. The Balaban J connectivity index is 1.97. The number of carbonyl (C=O) groups is 1. The Bertz CT molecular complexity index is 330. The molecule has 0 spiro atoms. The van der Waals surface area contributed by atoms with Crippen LogP contribution < -0.4 is 9.47 Å². The number of hydrogen-bond donors (Lipinski definition) is 0. The van der Waals surface area contributed by atoms with Crippen LogP contribution in [0.2, 0.25) is 0 Å². The van der Waals surface area contributed by atoms with E-state index in [0.29, 0.717) is 12.0 Å². The first-order valence-electron chi connectivity index (χ1n) is 4.55. The van der Waals surface area contributed by atoms with Crippen molar-refractivity contribution in [3.05, 3.63) is 18.3 Å². The zero-order valence-corrected chi connectivity index (χ0v) is 7.90. The summed E-state index contributed by atoms with van der Waals surface area (Å²) < 4.78 is 10.3. The van der Waals surface area contributed by atoms with Gasteiger partial charge in [0.2, 0.25) is 5.88 Å². The number of hydrogen-bond acceptors (Lipinski definition) is 4. The lowest BCUT2D eigenvalue weighted by Gasteiger charge is -2.04. The lowest BCUT2D eigenvalue weighted by molar-refractivity contribution is -0.132. The molecule has 1 aromatic heterocycles. The van der Waals surface area contributed by atoms with Gasteiger partial charge in [0, 0.05) is 13.0 Å². The van der Waals surface area contributed by atoms with Crippen LogP contribution in [0.3, 0.4) is 0 Å². The molecule has 14 heavy (non-hydrogen) atoms. The average molecular weight is 193 g/mol. The van der Waals surface area contributed by atoms with E-state index in [4.69, 9.17) is 9.47 Å². The maximum Gasteiger partial charge on any atom is 0.309 e. The molecule has 1 saturated carbocycles. The lowest BCUT2D eigenvalue weighted by atomic mass is 10.4. The topological polar surface area (TPSA) is 48.4 Å². The molecular formula is C10H11NO3. The molecule has 0 aromatic carbocycles.